The van der Waals surface area contributed by atoms with E-state index in [-0.39, 0.29) is 12.1 Å². The fourth-order valence-electron chi connectivity index (χ4n) is 1.26. The summed E-state index contributed by atoms with van der Waals surface area (Å²) in [6.07, 6.45) is 0. The summed E-state index contributed by atoms with van der Waals surface area (Å²) in [6.45, 7) is 3.74. The minimum absolute atomic E-state index is 0.0548. The summed E-state index contributed by atoms with van der Waals surface area (Å²) in [5.41, 5.74) is 0.513. The van der Waals surface area contributed by atoms with E-state index in [2.05, 4.69) is 10.6 Å². The molecule has 6 heteroatoms. The number of carbonyl (C=O) groups excluding carboxylic acids is 1. The molecule has 1 aromatic rings. The Morgan fingerprint density at radius 1 is 1.29 bits per heavy atom. The Morgan fingerprint density at radius 3 is 2.24 bits per heavy atom. The Bertz CT molecular complexity index is 399. The number of hydrogen-bond acceptors (Lipinski definition) is 2. The number of amides is 2. The number of anilines is 1. The Labute approximate surface area is 110 Å². The summed E-state index contributed by atoms with van der Waals surface area (Å²) < 4.78 is 5.01. The third kappa shape index (κ3) is 3.98. The SMILES string of the molecule is COc1c(Cl)cc(NC(=O)NC(C)C)cc1Cl. The van der Waals surface area contributed by atoms with Crippen LogP contribution < -0.4 is 15.4 Å². The van der Waals surface area contributed by atoms with E-state index in [4.69, 9.17) is 27.9 Å². The van der Waals surface area contributed by atoms with Crippen LogP contribution in [-0.2, 0) is 0 Å². The maximum Gasteiger partial charge on any atom is 0.319 e. The van der Waals surface area contributed by atoms with Crippen LogP contribution in [0.1, 0.15) is 13.8 Å². The zero-order chi connectivity index (χ0) is 13.0. The highest BCUT2D eigenvalue weighted by Gasteiger charge is 2.10. The van der Waals surface area contributed by atoms with Crippen molar-refractivity contribution in [3.05, 3.63) is 22.2 Å². The molecule has 0 aliphatic carbocycles. The number of benzene rings is 1. The molecule has 0 saturated carbocycles. The van der Waals surface area contributed by atoms with Crippen LogP contribution in [0.4, 0.5) is 10.5 Å². The largest absolute Gasteiger partial charge is 0.494 e. The second-order valence-electron chi connectivity index (χ2n) is 3.73. The molecule has 0 radical (unpaired) electrons. The quantitative estimate of drug-likeness (QED) is 0.887. The van der Waals surface area contributed by atoms with Crippen LogP contribution in [0, 0.1) is 0 Å². The average molecular weight is 277 g/mol. The molecule has 1 rings (SSSR count). The molecule has 1 aromatic carbocycles. The number of halogens is 2. The number of methoxy groups -OCH3 is 1. The molecule has 4 nitrogen and oxygen atoms in total. The Kier molecular flexibility index (Phi) is 4.90. The summed E-state index contributed by atoms with van der Waals surface area (Å²) in [4.78, 5) is 11.5. The summed E-state index contributed by atoms with van der Waals surface area (Å²) in [5.74, 6) is 0.392. The van der Waals surface area contributed by atoms with E-state index in [0.717, 1.165) is 0 Å². The highest BCUT2D eigenvalue weighted by atomic mass is 35.5. The molecule has 0 unspecified atom stereocenters. The number of nitrogens with one attached hydrogen (secondary N) is 2. The van der Waals surface area contributed by atoms with Gasteiger partial charge in [0.05, 0.1) is 17.2 Å². The molecule has 0 bridgehead atoms. The lowest BCUT2D eigenvalue weighted by Gasteiger charge is -2.12. The van der Waals surface area contributed by atoms with Gasteiger partial charge in [0.2, 0.25) is 0 Å². The van der Waals surface area contributed by atoms with Gasteiger partial charge in [-0.2, -0.15) is 0 Å². The van der Waals surface area contributed by atoms with Crippen molar-refractivity contribution in [1.82, 2.24) is 5.32 Å². The predicted octanol–water partition coefficient (Wildman–Crippen LogP) is 3.53. The van der Waals surface area contributed by atoms with E-state index in [1.807, 2.05) is 13.8 Å². The molecule has 17 heavy (non-hydrogen) atoms. The van der Waals surface area contributed by atoms with Crippen molar-refractivity contribution in [2.45, 2.75) is 19.9 Å². The van der Waals surface area contributed by atoms with E-state index < -0.39 is 0 Å². The van der Waals surface area contributed by atoms with Gasteiger partial charge >= 0.3 is 6.03 Å². The van der Waals surface area contributed by atoms with E-state index in [1.165, 1.54) is 7.11 Å². The molecule has 0 spiro atoms. The van der Waals surface area contributed by atoms with Gasteiger partial charge < -0.3 is 15.4 Å². The number of ether oxygens (including phenoxy) is 1. The monoisotopic (exact) mass is 276 g/mol. The summed E-state index contributed by atoms with van der Waals surface area (Å²) in [7, 11) is 1.48. The molecule has 0 aliphatic heterocycles. The topological polar surface area (TPSA) is 50.4 Å². The van der Waals surface area contributed by atoms with Crippen LogP contribution in [0.3, 0.4) is 0 Å². The highest BCUT2D eigenvalue weighted by Crippen LogP contribution is 2.35. The minimum atomic E-state index is -0.308. The van der Waals surface area contributed by atoms with Crippen molar-refractivity contribution >= 4 is 34.9 Å². The van der Waals surface area contributed by atoms with Gasteiger partial charge in [-0.05, 0) is 26.0 Å². The first kappa shape index (κ1) is 13.9. The van der Waals surface area contributed by atoms with Crippen LogP contribution in [-0.4, -0.2) is 19.2 Å². The Hall–Kier alpha value is -1.13. The maximum absolute atomic E-state index is 11.5. The predicted molar refractivity (Wildman–Crippen MR) is 70.3 cm³/mol. The van der Waals surface area contributed by atoms with Crippen molar-refractivity contribution in [2.24, 2.45) is 0 Å². The first-order valence-electron chi connectivity index (χ1n) is 5.04. The lowest BCUT2D eigenvalue weighted by molar-refractivity contribution is 0.250. The third-order valence-corrected chi connectivity index (χ3v) is 2.44. The molecule has 2 amide bonds. The molecule has 0 fully saturated rings. The molecule has 0 aromatic heterocycles. The van der Waals surface area contributed by atoms with E-state index in [9.17, 15) is 4.79 Å². The second-order valence-corrected chi connectivity index (χ2v) is 4.54. The maximum atomic E-state index is 11.5. The lowest BCUT2D eigenvalue weighted by Crippen LogP contribution is -2.34. The van der Waals surface area contributed by atoms with Gasteiger partial charge in [-0.15, -0.1) is 0 Å². The highest BCUT2D eigenvalue weighted by molar-refractivity contribution is 6.37. The standard InChI is InChI=1S/C11H14Cl2N2O2/c1-6(2)14-11(16)15-7-4-8(12)10(17-3)9(13)5-7/h4-6H,1-3H3,(H2,14,15,16). The average Bonchev–Trinajstić information content (AvgIpc) is 2.15. The second kappa shape index (κ2) is 5.98. The first-order chi connectivity index (χ1) is 7.93. The van der Waals surface area contributed by atoms with Crippen molar-refractivity contribution in [3.63, 3.8) is 0 Å². The van der Waals surface area contributed by atoms with Crippen molar-refractivity contribution in [1.29, 1.82) is 0 Å². The normalized spacial score (nSPS) is 10.2. The van der Waals surface area contributed by atoms with Crippen LogP contribution in [0.5, 0.6) is 5.75 Å². The molecule has 0 atom stereocenters. The van der Waals surface area contributed by atoms with Gasteiger partial charge in [-0.1, -0.05) is 23.2 Å². The molecule has 94 valence electrons. The van der Waals surface area contributed by atoms with Gasteiger partial charge in [0.15, 0.2) is 5.75 Å². The van der Waals surface area contributed by atoms with Gasteiger partial charge in [-0.3, -0.25) is 0 Å². The Morgan fingerprint density at radius 2 is 1.82 bits per heavy atom. The van der Waals surface area contributed by atoms with Crippen LogP contribution in [0.15, 0.2) is 12.1 Å². The molecule has 0 saturated heterocycles. The van der Waals surface area contributed by atoms with Crippen molar-refractivity contribution in [2.75, 3.05) is 12.4 Å². The number of rotatable bonds is 3. The van der Waals surface area contributed by atoms with Crippen molar-refractivity contribution < 1.29 is 9.53 Å². The number of urea groups is 1. The van der Waals surface area contributed by atoms with Crippen molar-refractivity contribution in [3.8, 4) is 5.75 Å². The van der Waals surface area contributed by atoms with Crippen LogP contribution in [0.25, 0.3) is 0 Å². The third-order valence-electron chi connectivity index (χ3n) is 1.88. The van der Waals surface area contributed by atoms with Gasteiger partial charge in [0.1, 0.15) is 0 Å². The molecule has 2 N–H and O–H groups in total. The molecule has 0 heterocycles. The molecule has 0 aliphatic rings. The zero-order valence-electron chi connectivity index (χ0n) is 9.80. The minimum Gasteiger partial charge on any atom is -0.494 e. The first-order valence-corrected chi connectivity index (χ1v) is 5.80. The lowest BCUT2D eigenvalue weighted by atomic mass is 10.3. The summed E-state index contributed by atoms with van der Waals surface area (Å²) in [6, 6.07) is 2.90. The molecular weight excluding hydrogens is 263 g/mol. The number of hydrogen-bond donors (Lipinski definition) is 2. The smallest absolute Gasteiger partial charge is 0.319 e. The Balaban J connectivity index is 2.83. The van der Waals surface area contributed by atoms with Gasteiger partial charge in [-0.25, -0.2) is 4.79 Å². The fourth-order valence-corrected chi connectivity index (χ4v) is 1.90. The fraction of sp³-hybridized carbons (Fsp3) is 0.364. The van der Waals surface area contributed by atoms with Gasteiger partial charge in [0.25, 0.3) is 0 Å². The number of carbonyl (C=O) groups is 1. The summed E-state index contributed by atoms with van der Waals surface area (Å²) in [5, 5.41) is 6.02. The van der Waals surface area contributed by atoms with Gasteiger partial charge in [0, 0.05) is 11.7 Å². The van der Waals surface area contributed by atoms with E-state index in [0.29, 0.717) is 21.5 Å². The molecular formula is C11H14Cl2N2O2. The van der Waals surface area contributed by atoms with Crippen LogP contribution in [0.2, 0.25) is 10.0 Å². The van der Waals surface area contributed by atoms with E-state index in [1.54, 1.807) is 12.1 Å². The summed E-state index contributed by atoms with van der Waals surface area (Å²) >= 11 is 11.9. The van der Waals surface area contributed by atoms with Crippen LogP contribution >= 0.6 is 23.2 Å². The van der Waals surface area contributed by atoms with E-state index >= 15 is 0 Å². The zero-order valence-corrected chi connectivity index (χ0v) is 11.3.